The van der Waals surface area contributed by atoms with E-state index < -0.39 is 0 Å². The minimum absolute atomic E-state index is 0.905. The molecule has 0 atom stereocenters. The summed E-state index contributed by atoms with van der Waals surface area (Å²) < 4.78 is 5.23. The molecule has 0 aromatic heterocycles. The van der Waals surface area contributed by atoms with Crippen LogP contribution in [0.3, 0.4) is 0 Å². The molecule has 1 fully saturated rings. The molecule has 2 rings (SSSR count). The first-order valence-electron chi connectivity index (χ1n) is 8.69. The van der Waals surface area contributed by atoms with Gasteiger partial charge in [0.05, 0.1) is 7.11 Å². The first kappa shape index (κ1) is 18.8. The molecule has 6 heteroatoms. The van der Waals surface area contributed by atoms with Crippen LogP contribution >= 0.6 is 11.8 Å². The number of nitrogens with one attached hydrogen (secondary N) is 1. The van der Waals surface area contributed by atoms with Crippen LogP contribution in [0.15, 0.2) is 29.3 Å². The maximum absolute atomic E-state index is 5.23. The molecule has 1 N–H and O–H groups in total. The minimum atomic E-state index is 0.905. The quantitative estimate of drug-likeness (QED) is 0.465. The van der Waals surface area contributed by atoms with Gasteiger partial charge in [-0.25, -0.2) is 0 Å². The summed E-state index contributed by atoms with van der Waals surface area (Å²) in [4.78, 5) is 9.58. The zero-order valence-electron chi connectivity index (χ0n) is 15.1. The van der Waals surface area contributed by atoms with Crippen molar-refractivity contribution in [3.8, 4) is 5.75 Å². The number of benzene rings is 1. The molecule has 24 heavy (non-hydrogen) atoms. The van der Waals surface area contributed by atoms with E-state index in [1.165, 1.54) is 11.4 Å². The van der Waals surface area contributed by atoms with Gasteiger partial charge in [0.25, 0.3) is 0 Å². The Kier molecular flexibility index (Phi) is 8.08. The zero-order chi connectivity index (χ0) is 17.2. The molecule has 1 aliphatic rings. The summed E-state index contributed by atoms with van der Waals surface area (Å²) in [7, 11) is 1.70. The third-order valence-electron chi connectivity index (χ3n) is 4.12. The van der Waals surface area contributed by atoms with Crippen molar-refractivity contribution in [2.24, 2.45) is 4.99 Å². The first-order valence-corrected chi connectivity index (χ1v) is 10.1. The van der Waals surface area contributed by atoms with Gasteiger partial charge in [-0.2, -0.15) is 11.8 Å². The fourth-order valence-electron chi connectivity index (χ4n) is 2.79. The van der Waals surface area contributed by atoms with E-state index in [0.717, 1.165) is 57.4 Å². The average Bonchev–Trinajstić information content (AvgIpc) is 2.64. The second-order valence-electron chi connectivity index (χ2n) is 5.75. The molecule has 1 heterocycles. The smallest absolute Gasteiger partial charge is 0.194 e. The van der Waals surface area contributed by atoms with E-state index in [1.54, 1.807) is 7.11 Å². The number of hydrogen-bond acceptors (Lipinski definition) is 4. The lowest BCUT2D eigenvalue weighted by molar-refractivity contribution is 0.372. The molecular weight excluding hydrogens is 320 g/mol. The largest absolute Gasteiger partial charge is 0.497 e. The van der Waals surface area contributed by atoms with Crippen molar-refractivity contribution in [3.05, 3.63) is 24.3 Å². The number of anilines is 1. The van der Waals surface area contributed by atoms with Crippen molar-refractivity contribution in [3.63, 3.8) is 0 Å². The third-order valence-corrected chi connectivity index (χ3v) is 4.82. The van der Waals surface area contributed by atoms with E-state index >= 15 is 0 Å². The average molecular weight is 351 g/mol. The number of ether oxygens (including phenoxy) is 1. The number of aliphatic imine (C=N–C) groups is 1. The highest BCUT2D eigenvalue weighted by molar-refractivity contribution is 7.98. The number of hydrogen-bond donors (Lipinski definition) is 1. The van der Waals surface area contributed by atoms with Crippen LogP contribution in [0.4, 0.5) is 5.69 Å². The fourth-order valence-corrected chi connectivity index (χ4v) is 3.21. The predicted octanol–water partition coefficient (Wildman–Crippen LogP) is 2.54. The number of piperazine rings is 1. The summed E-state index contributed by atoms with van der Waals surface area (Å²) >= 11 is 1.88. The minimum Gasteiger partial charge on any atom is -0.497 e. The molecule has 0 spiro atoms. The number of rotatable bonds is 7. The Morgan fingerprint density at radius 2 is 1.92 bits per heavy atom. The summed E-state index contributed by atoms with van der Waals surface area (Å²) in [6.45, 7) is 7.98. The first-order chi connectivity index (χ1) is 11.8. The summed E-state index contributed by atoms with van der Waals surface area (Å²) in [6.07, 6.45) is 3.29. The second-order valence-corrected chi connectivity index (χ2v) is 6.74. The van der Waals surface area contributed by atoms with Gasteiger partial charge in [0.2, 0.25) is 0 Å². The molecule has 0 radical (unpaired) electrons. The van der Waals surface area contributed by atoms with Crippen molar-refractivity contribution in [1.29, 1.82) is 0 Å². The van der Waals surface area contributed by atoms with Crippen LogP contribution in [0.5, 0.6) is 5.75 Å². The molecule has 1 saturated heterocycles. The molecule has 0 unspecified atom stereocenters. The monoisotopic (exact) mass is 350 g/mol. The van der Waals surface area contributed by atoms with Gasteiger partial charge in [-0.1, -0.05) is 0 Å². The lowest BCUT2D eigenvalue weighted by atomic mass is 10.2. The molecule has 5 nitrogen and oxygen atoms in total. The van der Waals surface area contributed by atoms with Crippen molar-refractivity contribution < 1.29 is 4.74 Å². The number of nitrogens with zero attached hydrogens (tertiary/aromatic N) is 3. The third kappa shape index (κ3) is 5.51. The van der Waals surface area contributed by atoms with Crippen LogP contribution in [0.1, 0.15) is 13.3 Å². The second kappa shape index (κ2) is 10.3. The van der Waals surface area contributed by atoms with E-state index in [1.807, 2.05) is 23.9 Å². The van der Waals surface area contributed by atoms with Gasteiger partial charge in [0.1, 0.15) is 5.75 Å². The highest BCUT2D eigenvalue weighted by Gasteiger charge is 2.19. The van der Waals surface area contributed by atoms with Crippen LogP contribution < -0.4 is 15.0 Å². The molecular formula is C18H30N4OS. The van der Waals surface area contributed by atoms with Crippen LogP contribution in [0.2, 0.25) is 0 Å². The fraction of sp³-hybridized carbons (Fsp3) is 0.611. The van der Waals surface area contributed by atoms with Gasteiger partial charge in [0, 0.05) is 45.0 Å². The lowest BCUT2D eigenvalue weighted by Crippen LogP contribution is -2.52. The Morgan fingerprint density at radius 1 is 1.21 bits per heavy atom. The molecule has 0 bridgehead atoms. The molecule has 1 aromatic rings. The molecule has 0 saturated carbocycles. The topological polar surface area (TPSA) is 40.1 Å². The standard InChI is InChI=1S/C18H30N4OS/c1-4-19-18(20-10-5-15-24-3)22-13-11-21(12-14-22)16-6-8-17(23-2)9-7-16/h6-9H,4-5,10-15H2,1-3H3,(H,19,20). The molecule has 1 aromatic carbocycles. The normalized spacial score (nSPS) is 15.5. The highest BCUT2D eigenvalue weighted by atomic mass is 32.2. The Bertz CT molecular complexity index is 498. The lowest BCUT2D eigenvalue weighted by Gasteiger charge is -2.37. The highest BCUT2D eigenvalue weighted by Crippen LogP contribution is 2.20. The van der Waals surface area contributed by atoms with Crippen LogP contribution in [-0.4, -0.2) is 69.2 Å². The van der Waals surface area contributed by atoms with Crippen molar-refractivity contribution in [2.75, 3.05) is 63.3 Å². The van der Waals surface area contributed by atoms with Gasteiger partial charge in [-0.3, -0.25) is 4.99 Å². The van der Waals surface area contributed by atoms with Crippen LogP contribution in [0.25, 0.3) is 0 Å². The number of methoxy groups -OCH3 is 1. The Hall–Kier alpha value is -1.56. The summed E-state index contributed by atoms with van der Waals surface area (Å²) in [6, 6.07) is 8.32. The van der Waals surface area contributed by atoms with E-state index in [9.17, 15) is 0 Å². The van der Waals surface area contributed by atoms with Gasteiger partial charge >= 0.3 is 0 Å². The van der Waals surface area contributed by atoms with Crippen molar-refractivity contribution in [2.45, 2.75) is 13.3 Å². The maximum Gasteiger partial charge on any atom is 0.194 e. The SMILES string of the molecule is CCNC(=NCCCSC)N1CCN(c2ccc(OC)cc2)CC1. The van der Waals surface area contributed by atoms with E-state index in [-0.39, 0.29) is 0 Å². The molecule has 0 aliphatic carbocycles. The van der Waals surface area contributed by atoms with E-state index in [4.69, 9.17) is 9.73 Å². The van der Waals surface area contributed by atoms with Gasteiger partial charge in [-0.05, 0) is 49.6 Å². The molecule has 0 amide bonds. The number of guanidine groups is 1. The van der Waals surface area contributed by atoms with Crippen molar-refractivity contribution in [1.82, 2.24) is 10.2 Å². The van der Waals surface area contributed by atoms with Crippen LogP contribution in [-0.2, 0) is 0 Å². The maximum atomic E-state index is 5.23. The predicted molar refractivity (Wildman–Crippen MR) is 106 cm³/mol. The Labute approximate surface area is 150 Å². The number of thioether (sulfide) groups is 1. The van der Waals surface area contributed by atoms with E-state index in [2.05, 4.69) is 40.4 Å². The molecule has 1 aliphatic heterocycles. The van der Waals surface area contributed by atoms with Gasteiger partial charge in [-0.15, -0.1) is 0 Å². The zero-order valence-corrected chi connectivity index (χ0v) is 15.9. The van der Waals surface area contributed by atoms with Gasteiger partial charge in [0.15, 0.2) is 5.96 Å². The van der Waals surface area contributed by atoms with Crippen molar-refractivity contribution >= 4 is 23.4 Å². The molecule has 134 valence electrons. The summed E-state index contributed by atoms with van der Waals surface area (Å²) in [5, 5.41) is 3.43. The van der Waals surface area contributed by atoms with E-state index in [0.29, 0.717) is 0 Å². The van der Waals surface area contributed by atoms with Gasteiger partial charge < -0.3 is 19.9 Å². The Balaban J connectivity index is 1.88. The Morgan fingerprint density at radius 3 is 2.50 bits per heavy atom. The van der Waals surface area contributed by atoms with Crippen LogP contribution in [0, 0.1) is 0 Å². The summed E-state index contributed by atoms with van der Waals surface area (Å²) in [5.74, 6) is 3.14. The summed E-state index contributed by atoms with van der Waals surface area (Å²) in [5.41, 5.74) is 1.26.